The van der Waals surface area contributed by atoms with Gasteiger partial charge < -0.3 is 4.79 Å². The Hall–Kier alpha value is -0.788. The third-order valence-corrected chi connectivity index (χ3v) is 2.86. The Kier molecular flexibility index (Phi) is 3.71. The first-order valence-corrected chi connectivity index (χ1v) is 4.82. The van der Waals surface area contributed by atoms with Crippen molar-refractivity contribution in [3.05, 3.63) is 0 Å². The van der Waals surface area contributed by atoms with Crippen LogP contribution in [0.4, 0.5) is 0 Å². The van der Waals surface area contributed by atoms with E-state index < -0.39 is 27.4 Å². The van der Waals surface area contributed by atoms with Crippen molar-refractivity contribution in [2.75, 3.05) is 0 Å². The Bertz CT molecular complexity index is 231. The third kappa shape index (κ3) is 1.77. The van der Waals surface area contributed by atoms with Gasteiger partial charge in [-0.15, -0.1) is 0 Å². The van der Waals surface area contributed by atoms with E-state index in [0.29, 0.717) is 0 Å². The Morgan fingerprint density at radius 2 is 1.08 bits per heavy atom. The molecule has 0 aromatic heterocycles. The summed E-state index contributed by atoms with van der Waals surface area (Å²) in [5, 5.41) is 0. The van der Waals surface area contributed by atoms with Gasteiger partial charge in [0.25, 0.3) is 0 Å². The van der Waals surface area contributed by atoms with Crippen LogP contribution in [0.3, 0.4) is 0 Å². The second kappa shape index (κ2) is 3.95. The lowest BCUT2D eigenvalue weighted by molar-refractivity contribution is -0.150. The van der Waals surface area contributed by atoms with Gasteiger partial charge in [-0.2, -0.15) is 0 Å². The summed E-state index contributed by atoms with van der Waals surface area (Å²) < 4.78 is -0.569. The molecule has 0 saturated carbocycles. The monoisotopic (exact) mass is 198 g/mol. The minimum Gasteiger partial charge on any atom is -0.320 e. The van der Waals surface area contributed by atoms with Crippen LogP contribution in [-0.4, -0.2) is 38.3 Å². The quantitative estimate of drug-likeness (QED) is 0.424. The van der Waals surface area contributed by atoms with Gasteiger partial charge in [-0.25, -0.2) is 0 Å². The standard InChI is InChI=1S/C8H9O4.Al.2H/c1-5(10)8(4-9,6(2)11)7(3)12;;;/h1-3H3;;;. The molecule has 0 amide bonds. The van der Waals surface area contributed by atoms with Crippen molar-refractivity contribution in [1.29, 1.82) is 0 Å². The molecule has 0 rings (SSSR count). The summed E-state index contributed by atoms with van der Waals surface area (Å²) in [6, 6.07) is 0. The first-order valence-electron chi connectivity index (χ1n) is 3.82. The molecule has 0 fully saturated rings. The molecule has 0 aliphatic heterocycles. The van der Waals surface area contributed by atoms with Crippen LogP contribution >= 0.6 is 0 Å². The van der Waals surface area contributed by atoms with Crippen molar-refractivity contribution in [1.82, 2.24) is 0 Å². The molecule has 0 atom stereocenters. The van der Waals surface area contributed by atoms with Gasteiger partial charge >= 0.3 is 16.3 Å². The Balaban J connectivity index is 5.60. The van der Waals surface area contributed by atoms with Gasteiger partial charge in [0.15, 0.2) is 22.8 Å². The fourth-order valence-corrected chi connectivity index (χ4v) is 2.54. The Labute approximate surface area is 84.1 Å². The van der Waals surface area contributed by atoms with Crippen LogP contribution in [0.15, 0.2) is 0 Å². The lowest BCUT2D eigenvalue weighted by atomic mass is 9.78. The molecular formula is C8H11AlO4. The van der Waals surface area contributed by atoms with E-state index in [1.807, 2.05) is 0 Å². The summed E-state index contributed by atoms with van der Waals surface area (Å²) in [5.41, 5.74) is -1.99. The normalized spacial score (nSPS) is 10.7. The minimum atomic E-state index is -1.99. The van der Waals surface area contributed by atoms with E-state index in [9.17, 15) is 19.2 Å². The van der Waals surface area contributed by atoms with Crippen LogP contribution in [-0.2, 0) is 19.2 Å². The molecule has 13 heavy (non-hydrogen) atoms. The number of Topliss-reactive ketones (excluding diaryl/α,β-unsaturated/α-hetero) is 3. The molecule has 0 bridgehead atoms. The number of ketones is 3. The largest absolute Gasteiger partial charge is 0.322 e. The SMILES string of the molecule is CC(=O)C(C(C)=O)(C(C)=O)[C](=O)[AlH2]. The second-order valence-electron chi connectivity index (χ2n) is 2.97. The van der Waals surface area contributed by atoms with Crippen LogP contribution < -0.4 is 0 Å². The van der Waals surface area contributed by atoms with Crippen molar-refractivity contribution >= 4 is 38.3 Å². The van der Waals surface area contributed by atoms with Gasteiger partial charge in [0.1, 0.15) is 0 Å². The highest BCUT2D eigenvalue weighted by atomic mass is 27.0. The predicted molar refractivity (Wildman–Crippen MR) is 48.0 cm³/mol. The van der Waals surface area contributed by atoms with Gasteiger partial charge in [-0.05, 0) is 20.8 Å². The van der Waals surface area contributed by atoms with Crippen LogP contribution in [0.1, 0.15) is 20.8 Å². The molecule has 0 heterocycles. The Morgan fingerprint density at radius 3 is 1.08 bits per heavy atom. The van der Waals surface area contributed by atoms with Crippen LogP contribution in [0.2, 0.25) is 0 Å². The lowest BCUT2D eigenvalue weighted by Gasteiger charge is -2.22. The summed E-state index contributed by atoms with van der Waals surface area (Å²) >= 11 is 0.0182. The highest BCUT2D eigenvalue weighted by Crippen LogP contribution is 2.21. The molecule has 0 aliphatic rings. The molecule has 5 heteroatoms. The molecule has 0 spiro atoms. The molecule has 0 aliphatic carbocycles. The first-order chi connectivity index (χ1) is 5.77. The van der Waals surface area contributed by atoms with E-state index in [1.54, 1.807) is 0 Å². The van der Waals surface area contributed by atoms with Crippen molar-refractivity contribution in [2.24, 2.45) is 5.41 Å². The van der Waals surface area contributed by atoms with Crippen molar-refractivity contribution in [3.8, 4) is 0 Å². The van der Waals surface area contributed by atoms with Crippen molar-refractivity contribution < 1.29 is 19.2 Å². The summed E-state index contributed by atoms with van der Waals surface area (Å²) in [7, 11) is 0. The minimum absolute atomic E-state index is 0.0182. The summed E-state index contributed by atoms with van der Waals surface area (Å²) in [6.07, 6.45) is 0. The molecule has 0 aromatic carbocycles. The van der Waals surface area contributed by atoms with Gasteiger partial charge in [0, 0.05) is 0 Å². The molecule has 0 unspecified atom stereocenters. The highest BCUT2D eigenvalue weighted by molar-refractivity contribution is 6.67. The molecule has 0 N–H and O–H groups in total. The molecular weight excluding hydrogens is 187 g/mol. The van der Waals surface area contributed by atoms with Crippen molar-refractivity contribution in [3.63, 3.8) is 0 Å². The van der Waals surface area contributed by atoms with E-state index in [0.717, 1.165) is 20.8 Å². The summed E-state index contributed by atoms with van der Waals surface area (Å²) in [4.78, 5) is 44.6. The van der Waals surface area contributed by atoms with Gasteiger partial charge in [0.2, 0.25) is 0 Å². The smallest absolute Gasteiger partial charge is 0.320 e. The number of rotatable bonds is 4. The van der Waals surface area contributed by atoms with Crippen LogP contribution in [0.5, 0.6) is 0 Å². The van der Waals surface area contributed by atoms with E-state index in [-0.39, 0.29) is 16.3 Å². The summed E-state index contributed by atoms with van der Waals surface area (Å²) in [6.45, 7) is 3.29. The van der Waals surface area contributed by atoms with Gasteiger partial charge in [-0.3, -0.25) is 14.4 Å². The maximum absolute atomic E-state index is 11.2. The number of hydrogen-bond acceptors (Lipinski definition) is 4. The van der Waals surface area contributed by atoms with E-state index in [2.05, 4.69) is 0 Å². The highest BCUT2D eigenvalue weighted by Gasteiger charge is 2.48. The number of hydrogen-bond donors (Lipinski definition) is 0. The van der Waals surface area contributed by atoms with Gasteiger partial charge in [0.05, 0.1) is 4.65 Å². The van der Waals surface area contributed by atoms with Gasteiger partial charge in [-0.1, -0.05) is 0 Å². The fourth-order valence-electron chi connectivity index (χ4n) is 1.49. The lowest BCUT2D eigenvalue weighted by Crippen LogP contribution is -2.50. The molecule has 0 radical (unpaired) electrons. The zero-order valence-corrected chi connectivity index (χ0v) is 10.1. The van der Waals surface area contributed by atoms with Crippen LogP contribution in [0, 0.1) is 5.41 Å². The predicted octanol–water partition coefficient (Wildman–Crippen LogP) is -1.10. The molecule has 4 nitrogen and oxygen atoms in total. The average Bonchev–Trinajstić information content (AvgIpc) is 1.82. The van der Waals surface area contributed by atoms with Crippen LogP contribution in [0.25, 0.3) is 0 Å². The van der Waals surface area contributed by atoms with E-state index in [4.69, 9.17) is 0 Å². The number of carbonyl (C=O) groups excluding carboxylic acids is 4. The Morgan fingerprint density at radius 1 is 0.846 bits per heavy atom. The van der Waals surface area contributed by atoms with E-state index >= 15 is 0 Å². The topological polar surface area (TPSA) is 68.3 Å². The molecule has 0 saturated heterocycles. The number of carbonyl (C=O) groups is 4. The third-order valence-electron chi connectivity index (χ3n) is 2.11. The zero-order chi connectivity index (χ0) is 10.8. The fraction of sp³-hybridized carbons (Fsp3) is 0.500. The molecule has 0 aromatic rings. The maximum atomic E-state index is 11.2. The second-order valence-corrected chi connectivity index (χ2v) is 3.88. The summed E-state index contributed by atoms with van der Waals surface area (Å²) in [5.74, 6) is -2.02. The maximum Gasteiger partial charge on any atom is 0.322 e. The average molecular weight is 198 g/mol. The first kappa shape index (κ1) is 12.2. The van der Waals surface area contributed by atoms with E-state index in [1.165, 1.54) is 0 Å². The van der Waals surface area contributed by atoms with Crippen molar-refractivity contribution in [2.45, 2.75) is 20.8 Å². The zero-order valence-electron chi connectivity index (χ0n) is 8.13. The molecule has 70 valence electrons.